The van der Waals surface area contributed by atoms with Crippen molar-refractivity contribution in [2.24, 2.45) is 11.8 Å². The molecule has 24 heavy (non-hydrogen) atoms. The minimum absolute atomic E-state index is 0.0427. The van der Waals surface area contributed by atoms with Gasteiger partial charge in [0.2, 0.25) is 0 Å². The van der Waals surface area contributed by atoms with Gasteiger partial charge < -0.3 is 9.64 Å². The summed E-state index contributed by atoms with van der Waals surface area (Å²) in [5.74, 6) is 1.37. The highest BCUT2D eigenvalue weighted by Crippen LogP contribution is 2.11. The molecule has 1 aliphatic heterocycles. The Labute approximate surface area is 150 Å². The Morgan fingerprint density at radius 3 is 1.88 bits per heavy atom. The van der Waals surface area contributed by atoms with Crippen LogP contribution in [0.25, 0.3) is 0 Å². The Bertz CT molecular complexity index is 397. The second-order valence-electron chi connectivity index (χ2n) is 6.53. The smallest absolute Gasteiger partial charge is 0.253 e. The summed E-state index contributed by atoms with van der Waals surface area (Å²) >= 11 is 0. The molecule has 0 saturated carbocycles. The van der Waals surface area contributed by atoms with Gasteiger partial charge >= 0.3 is 0 Å². The summed E-state index contributed by atoms with van der Waals surface area (Å²) in [6.07, 6.45) is 5.49. The minimum atomic E-state index is 0.0427. The number of ether oxygens (including phenoxy) is 1. The second kappa shape index (κ2) is 15.2. The molecule has 1 amide bonds. The molecule has 3 nitrogen and oxygen atoms in total. The van der Waals surface area contributed by atoms with Crippen molar-refractivity contribution in [1.29, 1.82) is 0 Å². The molecule has 0 aromatic heterocycles. The van der Waals surface area contributed by atoms with Gasteiger partial charge in [-0.3, -0.25) is 4.79 Å². The van der Waals surface area contributed by atoms with Crippen molar-refractivity contribution in [3.8, 4) is 0 Å². The van der Waals surface area contributed by atoms with E-state index in [0.717, 1.165) is 5.92 Å². The van der Waals surface area contributed by atoms with Crippen molar-refractivity contribution >= 4 is 5.91 Å². The van der Waals surface area contributed by atoms with Crippen LogP contribution >= 0.6 is 0 Å². The fraction of sp³-hybridized carbons (Fsp3) is 0.667. The molecular weight excluding hydrogens is 298 g/mol. The molecule has 1 fully saturated rings. The summed E-state index contributed by atoms with van der Waals surface area (Å²) in [7, 11) is 0. The third-order valence-corrected chi connectivity index (χ3v) is 3.20. The number of amides is 1. The highest BCUT2D eigenvalue weighted by atomic mass is 16.5. The molecule has 0 unspecified atom stereocenters. The van der Waals surface area contributed by atoms with Crippen LogP contribution in [0.5, 0.6) is 0 Å². The zero-order valence-electron chi connectivity index (χ0n) is 17.2. The first-order valence-electron chi connectivity index (χ1n) is 9.17. The highest BCUT2D eigenvalue weighted by molar-refractivity contribution is 5.96. The van der Waals surface area contributed by atoms with E-state index in [4.69, 9.17) is 4.74 Å². The zero-order chi connectivity index (χ0) is 19.1. The number of rotatable bonds is 4. The van der Waals surface area contributed by atoms with Crippen LogP contribution in [0.1, 0.15) is 55.4 Å². The van der Waals surface area contributed by atoms with E-state index in [0.29, 0.717) is 37.8 Å². The Balaban J connectivity index is 0. The monoisotopic (exact) mass is 337 g/mol. The first kappa shape index (κ1) is 24.9. The second-order valence-corrected chi connectivity index (χ2v) is 6.53. The molecule has 0 bridgehead atoms. The number of morpholine rings is 1. The normalized spacial score (nSPS) is 15.3. The molecule has 0 atom stereocenters. The number of carbonyl (C=O) groups is 1. The average molecular weight is 338 g/mol. The van der Waals surface area contributed by atoms with Gasteiger partial charge in [-0.05, 0) is 24.8 Å². The molecule has 1 saturated heterocycles. The lowest BCUT2D eigenvalue weighted by Gasteiger charge is -2.27. The lowest BCUT2D eigenvalue weighted by atomic mass is 10.0. The van der Waals surface area contributed by atoms with Crippen LogP contribution in [0, 0.1) is 11.8 Å². The number of hydrogen-bond acceptors (Lipinski definition) is 2. The van der Waals surface area contributed by atoms with Gasteiger partial charge in [0, 0.05) is 18.7 Å². The number of allylic oxidation sites excluding steroid dienone is 3. The Hall–Kier alpha value is -1.35. The lowest BCUT2D eigenvalue weighted by Crippen LogP contribution is -2.41. The molecule has 140 valence electrons. The van der Waals surface area contributed by atoms with Crippen LogP contribution in [0.2, 0.25) is 0 Å². The zero-order valence-corrected chi connectivity index (χ0v) is 17.2. The summed E-state index contributed by atoms with van der Waals surface area (Å²) in [5, 5.41) is 0. The van der Waals surface area contributed by atoms with E-state index in [1.54, 1.807) is 6.08 Å². The molecule has 0 aliphatic carbocycles. The lowest BCUT2D eigenvalue weighted by molar-refractivity contribution is -0.130. The van der Waals surface area contributed by atoms with E-state index in [1.807, 2.05) is 30.9 Å². The van der Waals surface area contributed by atoms with E-state index >= 15 is 0 Å². The number of carbonyl (C=O) groups excluding carboxylic acids is 1. The third kappa shape index (κ3) is 12.1. The largest absolute Gasteiger partial charge is 0.378 e. The molecular formula is C21H39NO2. The van der Waals surface area contributed by atoms with Gasteiger partial charge in [0.15, 0.2) is 0 Å². The van der Waals surface area contributed by atoms with Gasteiger partial charge in [0.1, 0.15) is 0 Å². The molecule has 0 N–H and O–H groups in total. The molecule has 1 aliphatic rings. The fourth-order valence-electron chi connectivity index (χ4n) is 1.59. The maximum absolute atomic E-state index is 12.2. The van der Waals surface area contributed by atoms with Crippen molar-refractivity contribution in [1.82, 2.24) is 4.90 Å². The SMILES string of the molecule is C=C/C(=C\C=C(/C)C(C)C)C(=O)N1CCOCC1.CC.CC(C)C. The van der Waals surface area contributed by atoms with Gasteiger partial charge in [-0.1, -0.05) is 72.8 Å². The van der Waals surface area contributed by atoms with Crippen LogP contribution in [0.3, 0.4) is 0 Å². The van der Waals surface area contributed by atoms with Crippen molar-refractivity contribution in [3.05, 3.63) is 36.0 Å². The maximum Gasteiger partial charge on any atom is 0.253 e. The van der Waals surface area contributed by atoms with Gasteiger partial charge in [-0.2, -0.15) is 0 Å². The van der Waals surface area contributed by atoms with Crippen molar-refractivity contribution in [2.75, 3.05) is 26.3 Å². The molecule has 0 radical (unpaired) electrons. The van der Waals surface area contributed by atoms with Crippen molar-refractivity contribution in [2.45, 2.75) is 55.4 Å². The van der Waals surface area contributed by atoms with Gasteiger partial charge in [-0.15, -0.1) is 0 Å². The van der Waals surface area contributed by atoms with Crippen LogP contribution in [-0.4, -0.2) is 37.1 Å². The van der Waals surface area contributed by atoms with Crippen molar-refractivity contribution < 1.29 is 9.53 Å². The van der Waals surface area contributed by atoms with E-state index in [-0.39, 0.29) is 5.91 Å². The quantitative estimate of drug-likeness (QED) is 0.518. The summed E-state index contributed by atoms with van der Waals surface area (Å²) in [5.41, 5.74) is 1.90. The van der Waals surface area contributed by atoms with E-state index in [9.17, 15) is 4.79 Å². The van der Waals surface area contributed by atoms with Crippen LogP contribution < -0.4 is 0 Å². The van der Waals surface area contributed by atoms with Crippen LogP contribution in [0.15, 0.2) is 36.0 Å². The first-order valence-corrected chi connectivity index (χ1v) is 9.17. The predicted molar refractivity (Wildman–Crippen MR) is 106 cm³/mol. The predicted octanol–water partition coefficient (Wildman–Crippen LogP) is 5.25. The topological polar surface area (TPSA) is 29.5 Å². The molecule has 1 rings (SSSR count). The molecule has 0 aromatic carbocycles. The number of nitrogens with zero attached hydrogens (tertiary/aromatic N) is 1. The Kier molecular flexibility index (Phi) is 15.8. The van der Waals surface area contributed by atoms with Crippen molar-refractivity contribution in [3.63, 3.8) is 0 Å². The molecule has 1 heterocycles. The summed E-state index contributed by atoms with van der Waals surface area (Å²) < 4.78 is 5.24. The summed E-state index contributed by atoms with van der Waals surface area (Å²) in [4.78, 5) is 14.0. The van der Waals surface area contributed by atoms with Crippen LogP contribution in [0.4, 0.5) is 0 Å². The third-order valence-electron chi connectivity index (χ3n) is 3.20. The summed E-state index contributed by atoms with van der Waals surface area (Å²) in [6.45, 7) is 23.1. The molecule has 0 spiro atoms. The maximum atomic E-state index is 12.2. The van der Waals surface area contributed by atoms with Gasteiger partial charge in [0.25, 0.3) is 5.91 Å². The van der Waals surface area contributed by atoms with Gasteiger partial charge in [0.05, 0.1) is 13.2 Å². The van der Waals surface area contributed by atoms with E-state index in [1.165, 1.54) is 5.57 Å². The number of hydrogen-bond donors (Lipinski definition) is 0. The van der Waals surface area contributed by atoms with E-state index < -0.39 is 0 Å². The van der Waals surface area contributed by atoms with E-state index in [2.05, 4.69) is 48.1 Å². The highest BCUT2D eigenvalue weighted by Gasteiger charge is 2.18. The first-order chi connectivity index (χ1) is 11.3. The van der Waals surface area contributed by atoms with Gasteiger partial charge in [-0.25, -0.2) is 0 Å². The molecule has 3 heteroatoms. The van der Waals surface area contributed by atoms with Crippen LogP contribution in [-0.2, 0) is 9.53 Å². The standard InChI is InChI=1S/C15H23NO2.C4H10.C2H6/c1-5-14(7-6-13(4)12(2)3)15(17)16-8-10-18-11-9-16;1-4(2)3;1-2/h5-7,12H,1,8-11H2,2-4H3;4H,1-3H3;1-2H3/b13-6+,14-7+;;. The Morgan fingerprint density at radius 1 is 1.04 bits per heavy atom. The Morgan fingerprint density at radius 2 is 1.50 bits per heavy atom. The fourth-order valence-corrected chi connectivity index (χ4v) is 1.59. The minimum Gasteiger partial charge on any atom is -0.378 e. The summed E-state index contributed by atoms with van der Waals surface area (Å²) in [6, 6.07) is 0. The average Bonchev–Trinajstić information content (AvgIpc) is 2.57. The molecule has 0 aromatic rings.